The van der Waals surface area contributed by atoms with Gasteiger partial charge in [-0.15, -0.1) is 0 Å². The first-order chi connectivity index (χ1) is 15.5. The molecule has 0 unspecified atom stereocenters. The lowest BCUT2D eigenvalue weighted by Crippen LogP contribution is -2.48. The molecule has 5 rings (SSSR count). The van der Waals surface area contributed by atoms with E-state index >= 15 is 0 Å². The number of ether oxygens (including phenoxy) is 1. The molecule has 2 saturated heterocycles. The number of aromatic nitrogens is 3. The van der Waals surface area contributed by atoms with Crippen molar-refractivity contribution in [3.63, 3.8) is 0 Å². The van der Waals surface area contributed by atoms with Gasteiger partial charge in [-0.1, -0.05) is 41.7 Å². The summed E-state index contributed by atoms with van der Waals surface area (Å²) in [4.78, 5) is 31.4. The van der Waals surface area contributed by atoms with E-state index in [1.165, 1.54) is 5.56 Å². The highest BCUT2D eigenvalue weighted by atomic mass is 32.1. The number of rotatable bonds is 6. The lowest BCUT2D eigenvalue weighted by atomic mass is 10.0. The van der Waals surface area contributed by atoms with Crippen LogP contribution in [0.2, 0.25) is 0 Å². The second-order valence-corrected chi connectivity index (χ2v) is 10.2. The van der Waals surface area contributed by atoms with Crippen LogP contribution < -0.4 is 9.80 Å². The molecule has 0 aliphatic carbocycles. The predicted molar refractivity (Wildman–Crippen MR) is 128 cm³/mol. The number of carbonyl (C=O) groups is 1. The van der Waals surface area contributed by atoms with Gasteiger partial charge in [0.15, 0.2) is 22.4 Å². The quantitative estimate of drug-likeness (QED) is 0.563. The highest BCUT2D eigenvalue weighted by Gasteiger charge is 2.34. The number of hydrogen-bond donors (Lipinski definition) is 0. The first kappa shape index (κ1) is 21.3. The first-order valence-corrected chi connectivity index (χ1v) is 12.2. The van der Waals surface area contributed by atoms with Crippen molar-refractivity contribution in [2.45, 2.75) is 51.2 Å². The van der Waals surface area contributed by atoms with Crippen LogP contribution in [0, 0.1) is 0 Å². The first-order valence-electron chi connectivity index (χ1n) is 11.3. The lowest BCUT2D eigenvalue weighted by Gasteiger charge is -2.38. The van der Waals surface area contributed by atoms with E-state index in [4.69, 9.17) is 9.72 Å². The minimum absolute atomic E-state index is 0.0991. The zero-order valence-corrected chi connectivity index (χ0v) is 19.5. The normalized spacial score (nSPS) is 20.8. The molecule has 0 saturated carbocycles. The Morgan fingerprint density at radius 2 is 2.06 bits per heavy atom. The van der Waals surface area contributed by atoms with E-state index in [0.29, 0.717) is 24.5 Å². The second kappa shape index (κ2) is 8.75. The van der Waals surface area contributed by atoms with Gasteiger partial charge in [-0.05, 0) is 38.7 Å². The van der Waals surface area contributed by atoms with E-state index in [1.807, 2.05) is 18.2 Å². The molecular weight excluding hydrogens is 422 g/mol. The molecule has 7 nitrogen and oxygen atoms in total. The van der Waals surface area contributed by atoms with Gasteiger partial charge in [-0.2, -0.15) is 4.98 Å². The Hall–Kier alpha value is -2.58. The second-order valence-electron chi connectivity index (χ2n) is 9.18. The molecule has 0 radical (unpaired) electrons. The van der Waals surface area contributed by atoms with Gasteiger partial charge in [-0.25, -0.2) is 9.97 Å². The van der Waals surface area contributed by atoms with Crippen LogP contribution in [0.4, 0.5) is 10.9 Å². The summed E-state index contributed by atoms with van der Waals surface area (Å²) in [7, 11) is 0. The van der Waals surface area contributed by atoms with Crippen LogP contribution in [0.25, 0.3) is 10.3 Å². The van der Waals surface area contributed by atoms with Crippen molar-refractivity contribution in [1.29, 1.82) is 0 Å². The van der Waals surface area contributed by atoms with Crippen LogP contribution in [0.5, 0.6) is 0 Å². The van der Waals surface area contributed by atoms with Crippen LogP contribution in [-0.4, -0.2) is 58.6 Å². The summed E-state index contributed by atoms with van der Waals surface area (Å²) in [6.45, 7) is 7.31. The Bertz CT molecular complexity index is 1100. The average molecular weight is 452 g/mol. The number of nitrogens with zero attached hydrogens (tertiary/aromatic N) is 5. The van der Waals surface area contributed by atoms with E-state index in [2.05, 4.69) is 45.7 Å². The number of fused-ring (bicyclic) bond motifs is 1. The Balaban J connectivity index is 1.36. The number of carbonyl (C=O) groups excluding carboxylic acids is 1. The number of aryl methyl sites for hydroxylation is 1. The van der Waals surface area contributed by atoms with Gasteiger partial charge in [-0.3, -0.25) is 4.79 Å². The monoisotopic (exact) mass is 451 g/mol. The summed E-state index contributed by atoms with van der Waals surface area (Å²) in [6, 6.07) is 10.1. The fraction of sp³-hybridized carbons (Fsp3) is 0.500. The third kappa shape index (κ3) is 4.34. The average Bonchev–Trinajstić information content (AvgIpc) is 3.44. The minimum atomic E-state index is -0.214. The number of anilines is 2. The number of ketones is 1. The number of morpholine rings is 1. The van der Waals surface area contributed by atoms with Crippen molar-refractivity contribution >= 4 is 38.4 Å². The number of thiazole rings is 1. The summed E-state index contributed by atoms with van der Waals surface area (Å²) in [5, 5.41) is 0.879. The predicted octanol–water partition coefficient (Wildman–Crippen LogP) is 3.87. The van der Waals surface area contributed by atoms with Crippen molar-refractivity contribution in [3.8, 4) is 0 Å². The topological polar surface area (TPSA) is 71.5 Å². The van der Waals surface area contributed by atoms with Gasteiger partial charge in [0.1, 0.15) is 11.0 Å². The largest absolute Gasteiger partial charge is 0.372 e. The van der Waals surface area contributed by atoms with Crippen molar-refractivity contribution < 1.29 is 9.53 Å². The summed E-state index contributed by atoms with van der Waals surface area (Å²) in [6.07, 6.45) is 4.83. The molecule has 1 atom stereocenters. The van der Waals surface area contributed by atoms with Crippen molar-refractivity contribution in [2.75, 3.05) is 36.0 Å². The van der Waals surface area contributed by atoms with Gasteiger partial charge >= 0.3 is 0 Å². The SMILES string of the molecule is CC1(C)CN(c2ncnc3nc(N4CCC[C@@H]4C(=O)CCc4ccccc4)sc23)CCO1. The summed E-state index contributed by atoms with van der Waals surface area (Å²) in [5.74, 6) is 1.22. The fourth-order valence-corrected chi connectivity index (χ4v) is 5.80. The van der Waals surface area contributed by atoms with E-state index in [-0.39, 0.29) is 11.6 Å². The number of hydrogen-bond acceptors (Lipinski definition) is 8. The molecule has 32 heavy (non-hydrogen) atoms. The molecule has 168 valence electrons. The van der Waals surface area contributed by atoms with Crippen molar-refractivity contribution in [3.05, 3.63) is 42.2 Å². The molecule has 2 fully saturated rings. The molecule has 8 heteroatoms. The molecule has 2 aliphatic rings. The van der Waals surface area contributed by atoms with Crippen LogP contribution in [0.3, 0.4) is 0 Å². The molecule has 2 aromatic heterocycles. The van der Waals surface area contributed by atoms with E-state index in [0.717, 1.165) is 54.5 Å². The molecule has 0 N–H and O–H groups in total. The van der Waals surface area contributed by atoms with Gasteiger partial charge in [0.05, 0.1) is 18.2 Å². The maximum Gasteiger partial charge on any atom is 0.188 e. The zero-order valence-electron chi connectivity index (χ0n) is 18.7. The lowest BCUT2D eigenvalue weighted by molar-refractivity contribution is -0.120. The molecule has 3 aromatic rings. The molecule has 0 amide bonds. The minimum Gasteiger partial charge on any atom is -0.372 e. The van der Waals surface area contributed by atoms with Gasteiger partial charge in [0, 0.05) is 26.1 Å². The van der Waals surface area contributed by atoms with Crippen LogP contribution >= 0.6 is 11.3 Å². The third-order valence-corrected chi connectivity index (χ3v) is 7.34. The maximum absolute atomic E-state index is 13.1. The Morgan fingerprint density at radius 3 is 2.88 bits per heavy atom. The molecule has 4 heterocycles. The summed E-state index contributed by atoms with van der Waals surface area (Å²) < 4.78 is 6.86. The summed E-state index contributed by atoms with van der Waals surface area (Å²) in [5.41, 5.74) is 1.70. The van der Waals surface area contributed by atoms with Crippen LogP contribution in [-0.2, 0) is 16.0 Å². The number of Topliss-reactive ketones (excluding diaryl/α,β-unsaturated/α-hetero) is 1. The summed E-state index contributed by atoms with van der Waals surface area (Å²) >= 11 is 1.61. The molecule has 0 spiro atoms. The highest BCUT2D eigenvalue weighted by Crippen LogP contribution is 2.37. The Morgan fingerprint density at radius 1 is 1.22 bits per heavy atom. The molecular formula is C24H29N5O2S. The van der Waals surface area contributed by atoms with Crippen LogP contribution in [0.15, 0.2) is 36.7 Å². The third-order valence-electron chi connectivity index (χ3n) is 6.26. The zero-order chi connectivity index (χ0) is 22.1. The van der Waals surface area contributed by atoms with Crippen molar-refractivity contribution in [1.82, 2.24) is 15.0 Å². The molecule has 1 aromatic carbocycles. The molecule has 0 bridgehead atoms. The van der Waals surface area contributed by atoms with Gasteiger partial charge in [0.2, 0.25) is 0 Å². The van der Waals surface area contributed by atoms with Crippen molar-refractivity contribution in [2.24, 2.45) is 0 Å². The maximum atomic E-state index is 13.1. The van der Waals surface area contributed by atoms with E-state index in [9.17, 15) is 4.79 Å². The highest BCUT2D eigenvalue weighted by molar-refractivity contribution is 7.22. The number of benzene rings is 1. The smallest absolute Gasteiger partial charge is 0.188 e. The van der Waals surface area contributed by atoms with Gasteiger partial charge < -0.3 is 14.5 Å². The van der Waals surface area contributed by atoms with Crippen LogP contribution in [0.1, 0.15) is 38.7 Å². The molecule has 2 aliphatic heterocycles. The van der Waals surface area contributed by atoms with Gasteiger partial charge in [0.25, 0.3) is 0 Å². The van der Waals surface area contributed by atoms with E-state index < -0.39 is 0 Å². The Kier molecular flexibility index (Phi) is 5.82. The Labute approximate surface area is 192 Å². The fourth-order valence-electron chi connectivity index (χ4n) is 4.69. The van der Waals surface area contributed by atoms with E-state index in [1.54, 1.807) is 17.7 Å². The standard InChI is InChI=1S/C24H29N5O2S/c1-24(2)15-28(13-14-31-24)22-20-21(25-16-26-22)27-23(32-20)29-12-6-9-18(29)19(30)11-10-17-7-4-3-5-8-17/h3-5,7-8,16,18H,6,9-15H2,1-2H3/t18-/m1/s1.